The summed E-state index contributed by atoms with van der Waals surface area (Å²) in [4.78, 5) is 16.5. The van der Waals surface area contributed by atoms with Crippen molar-refractivity contribution >= 4 is 22.6 Å². The van der Waals surface area contributed by atoms with E-state index in [-0.39, 0.29) is 11.7 Å². The zero-order chi connectivity index (χ0) is 14.5. The summed E-state index contributed by atoms with van der Waals surface area (Å²) in [5.41, 5.74) is 6.80. The molecule has 0 aliphatic heterocycles. The van der Waals surface area contributed by atoms with Crippen molar-refractivity contribution in [1.82, 2.24) is 10.3 Å². The topological polar surface area (TPSA) is 101 Å². The van der Waals surface area contributed by atoms with Crippen LogP contribution in [0.2, 0.25) is 0 Å². The number of carbonyl (C=O) groups excluding carboxylic acids is 1. The van der Waals surface area contributed by atoms with Crippen LogP contribution in [-0.2, 0) is 0 Å². The maximum absolute atomic E-state index is 12.3. The first kappa shape index (κ1) is 13.8. The maximum Gasteiger partial charge on any atom is 0.252 e. The molecule has 2 rings (SSSR count). The Morgan fingerprint density at radius 3 is 2.95 bits per heavy atom. The largest absolute Gasteiger partial charge is 0.409 e. The molecule has 0 aliphatic rings. The smallest absolute Gasteiger partial charge is 0.252 e. The molecule has 2 aromatic rings. The molecule has 0 bridgehead atoms. The van der Waals surface area contributed by atoms with E-state index in [4.69, 9.17) is 10.9 Å². The molecular weight excluding hydrogens is 256 g/mol. The van der Waals surface area contributed by atoms with Crippen LogP contribution >= 0.6 is 0 Å². The van der Waals surface area contributed by atoms with Gasteiger partial charge in [0.1, 0.15) is 0 Å². The second-order valence-electron chi connectivity index (χ2n) is 4.33. The van der Waals surface area contributed by atoms with Gasteiger partial charge in [0.2, 0.25) is 0 Å². The minimum atomic E-state index is -0.501. The maximum atomic E-state index is 12.3. The number of nitrogens with two attached hydrogens (primary N) is 1. The van der Waals surface area contributed by atoms with E-state index < -0.39 is 6.04 Å². The molecule has 1 atom stereocenters. The fourth-order valence-electron chi connectivity index (χ4n) is 1.99. The zero-order valence-electron chi connectivity index (χ0n) is 11.1. The van der Waals surface area contributed by atoms with Crippen LogP contribution in [0.25, 0.3) is 10.9 Å². The van der Waals surface area contributed by atoms with Gasteiger partial charge in [-0.25, -0.2) is 0 Å². The molecule has 0 saturated heterocycles. The number of nitrogens with zero attached hydrogens (tertiary/aromatic N) is 2. The van der Waals surface area contributed by atoms with Gasteiger partial charge in [0.15, 0.2) is 5.84 Å². The van der Waals surface area contributed by atoms with Crippen molar-refractivity contribution in [3.63, 3.8) is 0 Å². The summed E-state index contributed by atoms with van der Waals surface area (Å²) in [6.45, 7) is 1.84. The Kier molecular flexibility index (Phi) is 4.14. The molecule has 0 radical (unpaired) electrons. The number of aromatic nitrogens is 1. The van der Waals surface area contributed by atoms with Crippen LogP contribution in [0.15, 0.2) is 41.7 Å². The van der Waals surface area contributed by atoms with Crippen LogP contribution in [0.5, 0.6) is 0 Å². The van der Waals surface area contributed by atoms with E-state index in [9.17, 15) is 4.79 Å². The minimum Gasteiger partial charge on any atom is -0.409 e. The Morgan fingerprint density at radius 1 is 1.45 bits per heavy atom. The molecule has 1 amide bonds. The van der Waals surface area contributed by atoms with Gasteiger partial charge in [-0.1, -0.05) is 24.2 Å². The number of amidine groups is 1. The summed E-state index contributed by atoms with van der Waals surface area (Å²) in [5.74, 6) is -0.290. The fourth-order valence-corrected chi connectivity index (χ4v) is 1.99. The number of amides is 1. The highest BCUT2D eigenvalue weighted by Crippen LogP contribution is 2.16. The zero-order valence-corrected chi connectivity index (χ0v) is 11.1. The number of pyridine rings is 1. The highest BCUT2D eigenvalue weighted by atomic mass is 16.4. The summed E-state index contributed by atoms with van der Waals surface area (Å²) < 4.78 is 0. The molecule has 0 aliphatic carbocycles. The highest BCUT2D eigenvalue weighted by molar-refractivity contribution is 6.07. The lowest BCUT2D eigenvalue weighted by molar-refractivity contribution is 0.0947. The minimum absolute atomic E-state index is 0.0146. The van der Waals surface area contributed by atoms with Crippen molar-refractivity contribution in [1.29, 1.82) is 0 Å². The lowest BCUT2D eigenvalue weighted by Gasteiger charge is -2.16. The Bertz CT molecular complexity index is 649. The SMILES string of the molecule is CCC(NC(=O)c1cccc2ncccc12)C(N)=NO. The number of rotatable bonds is 4. The van der Waals surface area contributed by atoms with Gasteiger partial charge in [-0.15, -0.1) is 0 Å². The molecule has 1 aromatic heterocycles. The highest BCUT2D eigenvalue weighted by Gasteiger charge is 2.17. The normalized spacial score (nSPS) is 13.2. The molecule has 6 nitrogen and oxygen atoms in total. The van der Waals surface area contributed by atoms with Crippen LogP contribution in [0, 0.1) is 0 Å². The van der Waals surface area contributed by atoms with Gasteiger partial charge in [-0.05, 0) is 24.6 Å². The predicted octanol–water partition coefficient (Wildman–Crippen LogP) is 1.49. The van der Waals surface area contributed by atoms with E-state index >= 15 is 0 Å². The molecule has 0 fully saturated rings. The number of nitrogens with one attached hydrogen (secondary N) is 1. The van der Waals surface area contributed by atoms with Gasteiger partial charge in [0, 0.05) is 17.1 Å². The average molecular weight is 272 g/mol. The van der Waals surface area contributed by atoms with Crippen molar-refractivity contribution in [3.05, 3.63) is 42.1 Å². The van der Waals surface area contributed by atoms with E-state index in [0.717, 1.165) is 10.9 Å². The van der Waals surface area contributed by atoms with E-state index in [0.29, 0.717) is 12.0 Å². The molecule has 1 heterocycles. The third-order valence-corrected chi connectivity index (χ3v) is 3.08. The molecule has 1 aromatic carbocycles. The van der Waals surface area contributed by atoms with Crippen molar-refractivity contribution in [2.75, 3.05) is 0 Å². The number of hydrogen-bond donors (Lipinski definition) is 3. The van der Waals surface area contributed by atoms with Crippen LogP contribution < -0.4 is 11.1 Å². The van der Waals surface area contributed by atoms with Gasteiger partial charge in [0.25, 0.3) is 5.91 Å². The Labute approximate surface area is 116 Å². The van der Waals surface area contributed by atoms with E-state index in [1.165, 1.54) is 0 Å². The number of carbonyl (C=O) groups is 1. The second kappa shape index (κ2) is 6.01. The quantitative estimate of drug-likeness (QED) is 0.340. The van der Waals surface area contributed by atoms with Crippen LogP contribution in [0.3, 0.4) is 0 Å². The Balaban J connectivity index is 2.32. The summed E-state index contributed by atoms with van der Waals surface area (Å²) in [5, 5.41) is 15.1. The molecule has 4 N–H and O–H groups in total. The summed E-state index contributed by atoms with van der Waals surface area (Å²) >= 11 is 0. The van der Waals surface area contributed by atoms with Crippen molar-refractivity contribution < 1.29 is 10.0 Å². The van der Waals surface area contributed by atoms with Gasteiger partial charge in [0.05, 0.1) is 11.6 Å². The molecule has 20 heavy (non-hydrogen) atoms. The van der Waals surface area contributed by atoms with Crippen LogP contribution in [0.1, 0.15) is 23.7 Å². The Morgan fingerprint density at radius 2 is 2.25 bits per heavy atom. The fraction of sp³-hybridized carbons (Fsp3) is 0.214. The van der Waals surface area contributed by atoms with Crippen LogP contribution in [-0.4, -0.2) is 28.0 Å². The second-order valence-corrected chi connectivity index (χ2v) is 4.33. The number of oxime groups is 1. The molecule has 1 unspecified atom stereocenters. The standard InChI is InChI=1S/C14H16N4O2/c1-2-11(13(15)18-20)17-14(19)10-5-3-7-12-9(10)6-4-8-16-12/h3-8,11,20H,2H2,1H3,(H2,15,18)(H,17,19). The molecule has 0 saturated carbocycles. The average Bonchev–Trinajstić information content (AvgIpc) is 2.51. The number of hydrogen-bond acceptors (Lipinski definition) is 4. The van der Waals surface area contributed by atoms with Crippen molar-refractivity contribution in [3.8, 4) is 0 Å². The molecule has 0 spiro atoms. The van der Waals surface area contributed by atoms with Crippen molar-refractivity contribution in [2.45, 2.75) is 19.4 Å². The van der Waals surface area contributed by atoms with E-state index in [1.807, 2.05) is 19.1 Å². The van der Waals surface area contributed by atoms with E-state index in [2.05, 4.69) is 15.5 Å². The lowest BCUT2D eigenvalue weighted by Crippen LogP contribution is -2.44. The predicted molar refractivity (Wildman–Crippen MR) is 76.7 cm³/mol. The monoisotopic (exact) mass is 272 g/mol. The van der Waals surface area contributed by atoms with Gasteiger partial charge in [-0.2, -0.15) is 0 Å². The lowest BCUT2D eigenvalue weighted by atomic mass is 10.1. The van der Waals surface area contributed by atoms with Crippen LogP contribution in [0.4, 0.5) is 0 Å². The third-order valence-electron chi connectivity index (χ3n) is 3.08. The molecule has 6 heteroatoms. The van der Waals surface area contributed by atoms with Gasteiger partial charge in [-0.3, -0.25) is 9.78 Å². The summed E-state index contributed by atoms with van der Waals surface area (Å²) in [7, 11) is 0. The van der Waals surface area contributed by atoms with E-state index in [1.54, 1.807) is 24.4 Å². The first-order chi connectivity index (χ1) is 9.67. The molecular formula is C14H16N4O2. The van der Waals surface area contributed by atoms with Crippen molar-refractivity contribution in [2.24, 2.45) is 10.9 Å². The Hall–Kier alpha value is -2.63. The first-order valence-electron chi connectivity index (χ1n) is 6.29. The third kappa shape index (κ3) is 2.69. The summed E-state index contributed by atoms with van der Waals surface area (Å²) in [6.07, 6.45) is 2.21. The van der Waals surface area contributed by atoms with Gasteiger partial charge >= 0.3 is 0 Å². The number of fused-ring (bicyclic) bond motifs is 1. The number of benzene rings is 1. The van der Waals surface area contributed by atoms with Gasteiger partial charge < -0.3 is 16.3 Å². The summed E-state index contributed by atoms with van der Waals surface area (Å²) in [6, 6.07) is 8.45. The first-order valence-corrected chi connectivity index (χ1v) is 6.29. The molecule has 104 valence electrons.